The van der Waals surface area contributed by atoms with Crippen molar-refractivity contribution >= 4 is 27.5 Å². The highest BCUT2D eigenvalue weighted by molar-refractivity contribution is 7.89. The van der Waals surface area contributed by atoms with Gasteiger partial charge >= 0.3 is 6.18 Å². The summed E-state index contributed by atoms with van der Waals surface area (Å²) < 4.78 is 66.7. The van der Waals surface area contributed by atoms with Crippen LogP contribution in [0.2, 0.25) is 0 Å². The number of aryl methyl sites for hydroxylation is 2. The van der Waals surface area contributed by atoms with Crippen molar-refractivity contribution < 1.29 is 31.2 Å². The van der Waals surface area contributed by atoms with E-state index in [1.54, 1.807) is 0 Å². The number of amidine groups is 1. The zero-order valence-electron chi connectivity index (χ0n) is 20.6. The average Bonchev–Trinajstić information content (AvgIpc) is 3.13. The minimum Gasteiger partial charge on any atom is -0.308 e. The molecule has 198 valence electrons. The second kappa shape index (κ2) is 10.0. The molecule has 1 fully saturated rings. The summed E-state index contributed by atoms with van der Waals surface area (Å²) in [7, 11) is -3.60. The Hall–Kier alpha value is -3.05. The summed E-state index contributed by atoms with van der Waals surface area (Å²) in [5, 5.41) is 2.59. The van der Waals surface area contributed by atoms with Crippen molar-refractivity contribution in [3.8, 4) is 0 Å². The normalized spacial score (nSPS) is 18.1. The van der Waals surface area contributed by atoms with Crippen molar-refractivity contribution in [2.24, 2.45) is 4.99 Å². The number of nitrogens with one attached hydrogen (secondary N) is 1. The number of nitrogens with zero attached hydrogens (tertiary/aromatic N) is 2. The summed E-state index contributed by atoms with van der Waals surface area (Å²) in [5.41, 5.74) is 0.810. The van der Waals surface area contributed by atoms with Gasteiger partial charge in [0.1, 0.15) is 17.2 Å². The number of amides is 1. The molecule has 1 N–H and O–H groups in total. The SMILES string of the molecule is CC(=O)Cc1ccc(CCS(=O)(=O)N2CCC3(CC2)N=C(c2cccc(C(F)(F)F)c2)NC3=O)c(C)c1. The average molecular weight is 536 g/mol. The fourth-order valence-electron chi connectivity index (χ4n) is 4.77. The molecule has 2 aromatic carbocycles. The number of piperidine rings is 1. The molecule has 1 amide bonds. The number of aliphatic imine (C=N–C) groups is 1. The standard InChI is InChI=1S/C26H28F3N3O4S/c1-17-14-19(15-18(2)33)6-7-20(17)8-13-37(35,36)32-11-9-25(10-12-32)24(34)30-23(31-25)21-4-3-5-22(16-21)26(27,28)29/h3-7,14,16H,8-13,15H2,1-2H3,(H,30,31,34). The van der Waals surface area contributed by atoms with Crippen molar-refractivity contribution in [3.05, 3.63) is 70.3 Å². The van der Waals surface area contributed by atoms with E-state index in [9.17, 15) is 31.2 Å². The molecule has 11 heteroatoms. The third-order valence-electron chi connectivity index (χ3n) is 6.88. The van der Waals surface area contributed by atoms with E-state index in [0.717, 1.165) is 28.8 Å². The first kappa shape index (κ1) is 27.0. The van der Waals surface area contributed by atoms with E-state index in [-0.39, 0.29) is 48.9 Å². The van der Waals surface area contributed by atoms with Crippen LogP contribution in [0.4, 0.5) is 13.2 Å². The highest BCUT2D eigenvalue weighted by atomic mass is 32.2. The predicted molar refractivity (Wildman–Crippen MR) is 133 cm³/mol. The van der Waals surface area contributed by atoms with Crippen LogP contribution in [-0.2, 0) is 38.6 Å². The molecule has 0 unspecified atom stereocenters. The molecule has 0 aromatic heterocycles. The van der Waals surface area contributed by atoms with E-state index >= 15 is 0 Å². The number of alkyl halides is 3. The van der Waals surface area contributed by atoms with Gasteiger partial charge in [-0.25, -0.2) is 12.7 Å². The monoisotopic (exact) mass is 535 g/mol. The first-order valence-corrected chi connectivity index (χ1v) is 13.5. The quantitative estimate of drug-likeness (QED) is 0.588. The molecule has 2 aromatic rings. The third kappa shape index (κ3) is 5.93. The molecule has 7 nitrogen and oxygen atoms in total. The summed E-state index contributed by atoms with van der Waals surface area (Å²) in [6.45, 7) is 3.58. The third-order valence-corrected chi connectivity index (χ3v) is 8.75. The lowest BCUT2D eigenvalue weighted by molar-refractivity contribution is -0.137. The zero-order valence-corrected chi connectivity index (χ0v) is 21.4. The Bertz CT molecular complexity index is 1360. The highest BCUT2D eigenvalue weighted by Gasteiger charge is 2.47. The number of Topliss-reactive ketones (excluding diaryl/α,β-unsaturated/α-hetero) is 1. The highest BCUT2D eigenvalue weighted by Crippen LogP contribution is 2.34. The second-order valence-corrected chi connectivity index (χ2v) is 11.7. The van der Waals surface area contributed by atoms with Gasteiger partial charge in [0.2, 0.25) is 10.0 Å². The number of sulfonamides is 1. The molecule has 0 saturated carbocycles. The molecule has 2 aliphatic heterocycles. The number of hydrogen-bond acceptors (Lipinski definition) is 5. The maximum atomic E-state index is 13.1. The lowest BCUT2D eigenvalue weighted by Crippen LogP contribution is -2.50. The van der Waals surface area contributed by atoms with Crippen LogP contribution in [0.5, 0.6) is 0 Å². The van der Waals surface area contributed by atoms with Gasteiger partial charge in [-0.2, -0.15) is 13.2 Å². The molecule has 2 aliphatic rings. The Morgan fingerprint density at radius 3 is 2.46 bits per heavy atom. The van der Waals surface area contributed by atoms with E-state index < -0.39 is 33.2 Å². The van der Waals surface area contributed by atoms with Gasteiger partial charge < -0.3 is 5.32 Å². The first-order chi connectivity index (χ1) is 17.3. The largest absolute Gasteiger partial charge is 0.416 e. The Labute approximate surface area is 213 Å². The molecule has 0 bridgehead atoms. The molecule has 0 aliphatic carbocycles. The summed E-state index contributed by atoms with van der Waals surface area (Å²) in [5.74, 6) is -0.410. The van der Waals surface area contributed by atoms with E-state index in [4.69, 9.17) is 0 Å². The summed E-state index contributed by atoms with van der Waals surface area (Å²) in [6.07, 6.45) is -3.60. The van der Waals surface area contributed by atoms with Gasteiger partial charge in [0, 0.05) is 25.1 Å². The lowest BCUT2D eigenvalue weighted by Gasteiger charge is -2.34. The van der Waals surface area contributed by atoms with Crippen LogP contribution < -0.4 is 5.32 Å². The van der Waals surface area contributed by atoms with Gasteiger partial charge in [-0.1, -0.05) is 30.3 Å². The molecule has 0 radical (unpaired) electrons. The number of ketones is 1. The number of rotatable bonds is 7. The number of halogens is 3. The van der Waals surface area contributed by atoms with Gasteiger partial charge in [-0.15, -0.1) is 0 Å². The van der Waals surface area contributed by atoms with Crippen LogP contribution in [0.25, 0.3) is 0 Å². The van der Waals surface area contributed by atoms with Crippen molar-refractivity contribution in [3.63, 3.8) is 0 Å². The molecule has 4 rings (SSSR count). The van der Waals surface area contributed by atoms with Crippen molar-refractivity contribution in [2.45, 2.75) is 51.2 Å². The van der Waals surface area contributed by atoms with Crippen LogP contribution >= 0.6 is 0 Å². The fraction of sp³-hybridized carbons (Fsp3) is 0.423. The Morgan fingerprint density at radius 2 is 1.84 bits per heavy atom. The molecule has 37 heavy (non-hydrogen) atoms. The fourth-order valence-corrected chi connectivity index (χ4v) is 6.25. The summed E-state index contributed by atoms with van der Waals surface area (Å²) >= 11 is 0. The molecule has 0 atom stereocenters. The Kier molecular flexibility index (Phi) is 7.31. The summed E-state index contributed by atoms with van der Waals surface area (Å²) in [4.78, 5) is 28.6. The van der Waals surface area contributed by atoms with Crippen LogP contribution in [0, 0.1) is 6.92 Å². The number of carbonyl (C=O) groups is 2. The number of hydrogen-bond donors (Lipinski definition) is 1. The van der Waals surface area contributed by atoms with Crippen LogP contribution in [-0.4, -0.2) is 54.6 Å². The molecule has 2 heterocycles. The van der Waals surface area contributed by atoms with E-state index in [1.165, 1.54) is 23.4 Å². The second-order valence-electron chi connectivity index (χ2n) is 9.63. The van der Waals surface area contributed by atoms with Crippen LogP contribution in [0.1, 0.15) is 47.6 Å². The van der Waals surface area contributed by atoms with Crippen LogP contribution in [0.3, 0.4) is 0 Å². The Morgan fingerprint density at radius 1 is 1.14 bits per heavy atom. The number of carbonyl (C=O) groups excluding carboxylic acids is 2. The maximum Gasteiger partial charge on any atom is 0.416 e. The number of benzene rings is 2. The molecule has 1 saturated heterocycles. The van der Waals surface area contributed by atoms with Gasteiger partial charge in [0.05, 0.1) is 11.3 Å². The van der Waals surface area contributed by atoms with E-state index in [1.807, 2.05) is 25.1 Å². The molecule has 1 spiro atoms. The van der Waals surface area contributed by atoms with Crippen molar-refractivity contribution in [2.75, 3.05) is 18.8 Å². The zero-order chi connectivity index (χ0) is 27.0. The smallest absolute Gasteiger partial charge is 0.308 e. The molecular formula is C26H28F3N3O4S. The predicted octanol–water partition coefficient (Wildman–Crippen LogP) is 3.43. The van der Waals surface area contributed by atoms with Crippen LogP contribution in [0.15, 0.2) is 47.5 Å². The minimum atomic E-state index is -4.52. The van der Waals surface area contributed by atoms with Gasteiger partial charge in [0.15, 0.2) is 0 Å². The maximum absolute atomic E-state index is 13.1. The molecular weight excluding hydrogens is 507 g/mol. The minimum absolute atomic E-state index is 0.0554. The first-order valence-electron chi connectivity index (χ1n) is 11.9. The van der Waals surface area contributed by atoms with Gasteiger partial charge in [-0.05, 0) is 61.9 Å². The lowest BCUT2D eigenvalue weighted by atomic mass is 9.89. The summed E-state index contributed by atoms with van der Waals surface area (Å²) in [6, 6.07) is 10.2. The van der Waals surface area contributed by atoms with Gasteiger partial charge in [-0.3, -0.25) is 14.6 Å². The topological polar surface area (TPSA) is 95.9 Å². The van der Waals surface area contributed by atoms with Gasteiger partial charge in [0.25, 0.3) is 5.91 Å². The van der Waals surface area contributed by atoms with E-state index in [2.05, 4.69) is 10.3 Å². The van der Waals surface area contributed by atoms with Crippen molar-refractivity contribution in [1.82, 2.24) is 9.62 Å². The van der Waals surface area contributed by atoms with E-state index in [0.29, 0.717) is 12.8 Å². The van der Waals surface area contributed by atoms with Crippen molar-refractivity contribution in [1.29, 1.82) is 0 Å². The Balaban J connectivity index is 1.41.